The summed E-state index contributed by atoms with van der Waals surface area (Å²) in [6.45, 7) is 8.14. The molecule has 8 nitrogen and oxygen atoms in total. The number of aryl methyl sites for hydroxylation is 1. The maximum Gasteiger partial charge on any atom is 0.226 e. The van der Waals surface area contributed by atoms with Gasteiger partial charge in [0.2, 0.25) is 5.89 Å². The molecule has 0 spiro atoms. The first-order valence-electron chi connectivity index (χ1n) is 8.68. The fraction of sp³-hybridized carbons (Fsp3) is 0.750. The Balaban J connectivity index is 1.68. The number of likely N-dealkylation sites (tertiary alicyclic amines) is 1. The average molecular weight is 334 g/mol. The van der Waals surface area contributed by atoms with Gasteiger partial charge >= 0.3 is 0 Å². The molecule has 24 heavy (non-hydrogen) atoms. The Labute approximate surface area is 141 Å². The quantitative estimate of drug-likeness (QED) is 0.859. The molecule has 8 heteroatoms. The molecule has 2 aromatic heterocycles. The van der Waals surface area contributed by atoms with Crippen LogP contribution in [0, 0.1) is 0 Å². The van der Waals surface area contributed by atoms with Crippen LogP contribution < -0.4 is 0 Å². The molecule has 1 atom stereocenters. The zero-order valence-corrected chi connectivity index (χ0v) is 14.6. The van der Waals surface area contributed by atoms with Crippen LogP contribution in [0.2, 0.25) is 0 Å². The molecule has 1 fully saturated rings. The highest BCUT2D eigenvalue weighted by Crippen LogP contribution is 2.31. The number of aliphatic hydroxyl groups is 1. The number of piperidine rings is 1. The van der Waals surface area contributed by atoms with E-state index in [1.54, 1.807) is 4.68 Å². The van der Waals surface area contributed by atoms with Crippen molar-refractivity contribution >= 4 is 0 Å². The molecule has 0 saturated carbocycles. The molecule has 2 aromatic rings. The van der Waals surface area contributed by atoms with Gasteiger partial charge in [0.1, 0.15) is 11.3 Å². The van der Waals surface area contributed by atoms with Crippen molar-refractivity contribution in [2.75, 3.05) is 13.1 Å². The molecule has 0 aromatic carbocycles. The Morgan fingerprint density at radius 3 is 2.96 bits per heavy atom. The summed E-state index contributed by atoms with van der Waals surface area (Å²) in [7, 11) is 0. The monoisotopic (exact) mass is 334 g/mol. The first-order valence-corrected chi connectivity index (χ1v) is 8.68. The van der Waals surface area contributed by atoms with E-state index >= 15 is 0 Å². The third kappa shape index (κ3) is 3.64. The Kier molecular flexibility index (Phi) is 4.96. The fourth-order valence-corrected chi connectivity index (χ4v) is 3.08. The second-order valence-electron chi connectivity index (χ2n) is 6.88. The first-order chi connectivity index (χ1) is 11.5. The first kappa shape index (κ1) is 17.0. The maximum absolute atomic E-state index is 11.1. The minimum absolute atomic E-state index is 0.228. The summed E-state index contributed by atoms with van der Waals surface area (Å²) in [5, 5.41) is 23.4. The SMILES string of the molecule is CCCc1nc(CN2CCC[C@@](O)(c3cn(C(C)C)nn3)C2)no1. The van der Waals surface area contributed by atoms with E-state index in [0.717, 1.165) is 25.8 Å². The minimum Gasteiger partial charge on any atom is -0.382 e. The third-order valence-electron chi connectivity index (χ3n) is 4.41. The highest BCUT2D eigenvalue weighted by molar-refractivity contribution is 5.10. The highest BCUT2D eigenvalue weighted by atomic mass is 16.5. The van der Waals surface area contributed by atoms with Crippen LogP contribution in [0.25, 0.3) is 0 Å². The van der Waals surface area contributed by atoms with E-state index in [1.807, 2.05) is 20.0 Å². The lowest BCUT2D eigenvalue weighted by Gasteiger charge is -2.37. The molecule has 1 aliphatic heterocycles. The molecule has 3 heterocycles. The summed E-state index contributed by atoms with van der Waals surface area (Å²) in [5.41, 5.74) is -0.331. The largest absolute Gasteiger partial charge is 0.382 e. The minimum atomic E-state index is -0.971. The zero-order valence-electron chi connectivity index (χ0n) is 14.6. The van der Waals surface area contributed by atoms with E-state index in [9.17, 15) is 5.11 Å². The smallest absolute Gasteiger partial charge is 0.226 e. The summed E-state index contributed by atoms with van der Waals surface area (Å²) in [6, 6.07) is 0.228. The van der Waals surface area contributed by atoms with Gasteiger partial charge in [-0.15, -0.1) is 5.10 Å². The van der Waals surface area contributed by atoms with Crippen molar-refractivity contribution in [3.05, 3.63) is 23.6 Å². The molecular formula is C16H26N6O2. The Bertz CT molecular complexity index is 667. The van der Waals surface area contributed by atoms with Gasteiger partial charge in [0.25, 0.3) is 0 Å². The normalized spacial score (nSPS) is 22.4. The predicted molar refractivity (Wildman–Crippen MR) is 87.1 cm³/mol. The van der Waals surface area contributed by atoms with Gasteiger partial charge < -0.3 is 9.63 Å². The number of aromatic nitrogens is 5. The number of rotatable bonds is 6. The Morgan fingerprint density at radius 1 is 1.42 bits per heavy atom. The van der Waals surface area contributed by atoms with Gasteiger partial charge in [-0.25, -0.2) is 4.68 Å². The molecule has 0 radical (unpaired) electrons. The average Bonchev–Trinajstić information content (AvgIpc) is 3.17. The lowest BCUT2D eigenvalue weighted by Crippen LogP contribution is -2.46. The van der Waals surface area contributed by atoms with Gasteiger partial charge in [-0.3, -0.25) is 4.90 Å². The number of hydrogen-bond donors (Lipinski definition) is 1. The predicted octanol–water partition coefficient (Wildman–Crippen LogP) is 1.68. The summed E-state index contributed by atoms with van der Waals surface area (Å²) in [5.74, 6) is 1.35. The van der Waals surface area contributed by atoms with Gasteiger partial charge in [0.05, 0.1) is 12.7 Å². The summed E-state index contributed by atoms with van der Waals surface area (Å²) < 4.78 is 7.02. The van der Waals surface area contributed by atoms with Crippen LogP contribution in [0.3, 0.4) is 0 Å². The lowest BCUT2D eigenvalue weighted by molar-refractivity contribution is -0.0422. The van der Waals surface area contributed by atoms with Crippen LogP contribution in [-0.4, -0.2) is 48.2 Å². The molecular weight excluding hydrogens is 308 g/mol. The third-order valence-corrected chi connectivity index (χ3v) is 4.41. The number of β-amino-alcohol motifs (C(OH)–C–C–N with tert-alkyl or cyclic N) is 1. The molecule has 0 aliphatic carbocycles. The van der Waals surface area contributed by atoms with Gasteiger partial charge in [-0.1, -0.05) is 17.3 Å². The van der Waals surface area contributed by atoms with Gasteiger partial charge in [0.15, 0.2) is 5.82 Å². The zero-order chi connectivity index (χ0) is 17.2. The van der Waals surface area contributed by atoms with E-state index in [0.29, 0.717) is 36.9 Å². The van der Waals surface area contributed by atoms with E-state index in [4.69, 9.17) is 4.52 Å². The van der Waals surface area contributed by atoms with Crippen LogP contribution in [0.1, 0.15) is 63.5 Å². The molecule has 0 unspecified atom stereocenters. The van der Waals surface area contributed by atoms with E-state index in [1.165, 1.54) is 0 Å². The molecule has 1 N–H and O–H groups in total. The molecule has 0 amide bonds. The van der Waals surface area contributed by atoms with Crippen LogP contribution in [-0.2, 0) is 18.6 Å². The van der Waals surface area contributed by atoms with Crippen LogP contribution >= 0.6 is 0 Å². The molecule has 132 valence electrons. The fourth-order valence-electron chi connectivity index (χ4n) is 3.08. The van der Waals surface area contributed by atoms with E-state index in [2.05, 4.69) is 32.3 Å². The highest BCUT2D eigenvalue weighted by Gasteiger charge is 2.38. The van der Waals surface area contributed by atoms with Gasteiger partial charge in [-0.2, -0.15) is 4.98 Å². The second-order valence-corrected chi connectivity index (χ2v) is 6.88. The molecule has 0 bridgehead atoms. The van der Waals surface area contributed by atoms with Crippen molar-refractivity contribution in [2.45, 2.75) is 64.6 Å². The summed E-state index contributed by atoms with van der Waals surface area (Å²) in [6.07, 6.45) is 5.21. The second kappa shape index (κ2) is 6.98. The lowest BCUT2D eigenvalue weighted by atomic mass is 9.90. The number of hydrogen-bond acceptors (Lipinski definition) is 7. The van der Waals surface area contributed by atoms with Crippen LogP contribution in [0.4, 0.5) is 0 Å². The van der Waals surface area contributed by atoms with Crippen molar-refractivity contribution < 1.29 is 9.63 Å². The van der Waals surface area contributed by atoms with Crippen molar-refractivity contribution in [2.24, 2.45) is 0 Å². The standard InChI is InChI=1S/C16H26N6O2/c1-4-6-15-17-14(19-24-15)10-21-8-5-7-16(23,11-21)13-9-22(12(2)3)20-18-13/h9,12,23H,4-8,10-11H2,1-3H3/t16-/m0/s1. The summed E-state index contributed by atoms with van der Waals surface area (Å²) in [4.78, 5) is 6.56. The Hall–Kier alpha value is -1.80. The van der Waals surface area contributed by atoms with E-state index < -0.39 is 5.60 Å². The van der Waals surface area contributed by atoms with Crippen molar-refractivity contribution in [3.8, 4) is 0 Å². The Morgan fingerprint density at radius 2 is 2.25 bits per heavy atom. The van der Waals surface area contributed by atoms with Crippen LogP contribution in [0.15, 0.2) is 10.7 Å². The molecule has 1 aliphatic rings. The summed E-state index contributed by atoms with van der Waals surface area (Å²) >= 11 is 0. The van der Waals surface area contributed by atoms with Crippen molar-refractivity contribution in [1.29, 1.82) is 0 Å². The topological polar surface area (TPSA) is 93.1 Å². The van der Waals surface area contributed by atoms with Gasteiger partial charge in [-0.05, 0) is 39.7 Å². The van der Waals surface area contributed by atoms with E-state index in [-0.39, 0.29) is 6.04 Å². The van der Waals surface area contributed by atoms with Crippen molar-refractivity contribution in [1.82, 2.24) is 30.0 Å². The molecule has 1 saturated heterocycles. The van der Waals surface area contributed by atoms with Gasteiger partial charge in [0, 0.05) is 19.0 Å². The van der Waals surface area contributed by atoms with Crippen LogP contribution in [0.5, 0.6) is 0 Å². The number of nitrogens with zero attached hydrogens (tertiary/aromatic N) is 6. The molecule has 3 rings (SSSR count). The maximum atomic E-state index is 11.1. The van der Waals surface area contributed by atoms with Crippen molar-refractivity contribution in [3.63, 3.8) is 0 Å².